The highest BCUT2D eigenvalue weighted by atomic mass is 32.2. The average Bonchev–Trinajstić information content (AvgIpc) is 2.79. The van der Waals surface area contributed by atoms with Gasteiger partial charge in [-0.05, 0) is 47.2 Å². The Morgan fingerprint density at radius 3 is 1.83 bits per heavy atom. The predicted molar refractivity (Wildman–Crippen MR) is 95.3 cm³/mol. The second kappa shape index (κ2) is 6.87. The molecule has 0 aromatic heterocycles. The summed E-state index contributed by atoms with van der Waals surface area (Å²) >= 11 is 0. The van der Waals surface area contributed by atoms with Crippen LogP contribution in [0.3, 0.4) is 0 Å². The maximum atomic E-state index is 13.3. The summed E-state index contributed by atoms with van der Waals surface area (Å²) in [7, 11) is -3.22. The zero-order valence-corrected chi connectivity index (χ0v) is 14.4. The van der Waals surface area contributed by atoms with Crippen molar-refractivity contribution >= 4 is 21.2 Å². The standard InChI is InChI=1S/C19H20FNO2S/c1-24(22,23)21-13-11-18(15-5-3-2-4-6-15)19(12-14-21)16-7-9-17(20)10-8-16/h2-10H,11-14H2,1H3. The largest absolute Gasteiger partial charge is 0.213 e. The lowest BCUT2D eigenvalue weighted by Gasteiger charge is -2.17. The topological polar surface area (TPSA) is 37.4 Å². The normalized spacial score (nSPS) is 16.9. The third kappa shape index (κ3) is 3.74. The number of rotatable bonds is 3. The second-order valence-corrected chi connectivity index (χ2v) is 7.97. The number of benzene rings is 2. The number of sulfonamides is 1. The maximum absolute atomic E-state index is 13.3. The summed E-state index contributed by atoms with van der Waals surface area (Å²) in [5.74, 6) is -0.271. The van der Waals surface area contributed by atoms with Crippen molar-refractivity contribution in [3.05, 3.63) is 71.5 Å². The SMILES string of the molecule is CS(=O)(=O)N1CCC(c2ccccc2)=C(c2ccc(F)cc2)CC1. The highest BCUT2D eigenvalue weighted by molar-refractivity contribution is 7.88. The summed E-state index contributed by atoms with van der Waals surface area (Å²) in [5, 5.41) is 0. The third-order valence-electron chi connectivity index (χ3n) is 4.37. The lowest BCUT2D eigenvalue weighted by Crippen LogP contribution is -2.31. The predicted octanol–water partition coefficient (Wildman–Crippen LogP) is 3.79. The molecule has 2 aromatic carbocycles. The van der Waals surface area contributed by atoms with Crippen molar-refractivity contribution in [3.8, 4) is 0 Å². The summed E-state index contributed by atoms with van der Waals surface area (Å²) in [6.07, 6.45) is 2.50. The fraction of sp³-hybridized carbons (Fsp3) is 0.263. The van der Waals surface area contributed by atoms with E-state index in [1.807, 2.05) is 30.3 Å². The molecule has 2 aromatic rings. The molecular formula is C19H20FNO2S. The van der Waals surface area contributed by atoms with Crippen LogP contribution in [0.25, 0.3) is 11.1 Å². The summed E-state index contributed by atoms with van der Waals surface area (Å²) < 4.78 is 38.6. The van der Waals surface area contributed by atoms with Crippen LogP contribution < -0.4 is 0 Å². The van der Waals surface area contributed by atoms with Crippen LogP contribution >= 0.6 is 0 Å². The van der Waals surface area contributed by atoms with Crippen LogP contribution in [-0.4, -0.2) is 32.1 Å². The minimum atomic E-state index is -3.22. The minimum absolute atomic E-state index is 0.271. The molecule has 0 spiro atoms. The molecule has 126 valence electrons. The highest BCUT2D eigenvalue weighted by Gasteiger charge is 2.23. The van der Waals surface area contributed by atoms with Gasteiger partial charge in [-0.15, -0.1) is 0 Å². The van der Waals surface area contributed by atoms with Gasteiger partial charge in [-0.3, -0.25) is 0 Å². The first-order valence-electron chi connectivity index (χ1n) is 7.93. The molecule has 0 atom stereocenters. The molecule has 0 amide bonds. The maximum Gasteiger partial charge on any atom is 0.211 e. The molecule has 0 radical (unpaired) electrons. The molecule has 1 aliphatic rings. The van der Waals surface area contributed by atoms with Crippen LogP contribution in [0, 0.1) is 5.82 Å². The Labute approximate surface area is 142 Å². The van der Waals surface area contributed by atoms with Gasteiger partial charge in [0.1, 0.15) is 5.82 Å². The molecule has 24 heavy (non-hydrogen) atoms. The molecule has 0 N–H and O–H groups in total. The van der Waals surface area contributed by atoms with Gasteiger partial charge in [-0.25, -0.2) is 17.1 Å². The van der Waals surface area contributed by atoms with Gasteiger partial charge in [0, 0.05) is 13.1 Å². The molecule has 3 rings (SSSR count). The van der Waals surface area contributed by atoms with Crippen molar-refractivity contribution in [2.45, 2.75) is 12.8 Å². The Hall–Kier alpha value is -1.98. The number of halogens is 1. The summed E-state index contributed by atoms with van der Waals surface area (Å²) in [5.41, 5.74) is 4.26. The lowest BCUT2D eigenvalue weighted by atomic mass is 9.91. The van der Waals surface area contributed by atoms with Gasteiger partial charge in [0.25, 0.3) is 0 Å². The van der Waals surface area contributed by atoms with E-state index >= 15 is 0 Å². The Kier molecular flexibility index (Phi) is 4.83. The number of hydrogen-bond donors (Lipinski definition) is 0. The summed E-state index contributed by atoms with van der Waals surface area (Å²) in [6.45, 7) is 0.912. The van der Waals surface area contributed by atoms with E-state index in [1.54, 1.807) is 12.1 Å². The van der Waals surface area contributed by atoms with Crippen molar-refractivity contribution in [2.24, 2.45) is 0 Å². The fourth-order valence-electron chi connectivity index (χ4n) is 3.15. The van der Waals surface area contributed by atoms with Crippen molar-refractivity contribution in [1.82, 2.24) is 4.31 Å². The van der Waals surface area contributed by atoms with Crippen molar-refractivity contribution in [1.29, 1.82) is 0 Å². The van der Waals surface area contributed by atoms with E-state index in [1.165, 1.54) is 22.7 Å². The summed E-state index contributed by atoms with van der Waals surface area (Å²) in [6, 6.07) is 16.4. The van der Waals surface area contributed by atoms with Crippen molar-refractivity contribution in [3.63, 3.8) is 0 Å². The van der Waals surface area contributed by atoms with Crippen LogP contribution in [-0.2, 0) is 10.0 Å². The van der Waals surface area contributed by atoms with Crippen LogP contribution in [0.1, 0.15) is 24.0 Å². The Balaban J connectivity index is 2.06. The molecular weight excluding hydrogens is 325 g/mol. The molecule has 0 unspecified atom stereocenters. The first-order chi connectivity index (χ1) is 11.4. The van der Waals surface area contributed by atoms with E-state index in [0.717, 1.165) is 22.3 Å². The summed E-state index contributed by atoms with van der Waals surface area (Å²) in [4.78, 5) is 0. The van der Waals surface area contributed by atoms with Gasteiger partial charge in [-0.2, -0.15) is 0 Å². The molecule has 1 heterocycles. The molecule has 0 bridgehead atoms. The second-order valence-electron chi connectivity index (χ2n) is 5.99. The molecule has 5 heteroatoms. The molecule has 0 saturated carbocycles. The van der Waals surface area contributed by atoms with Gasteiger partial charge in [0.05, 0.1) is 6.26 Å². The average molecular weight is 345 g/mol. The lowest BCUT2D eigenvalue weighted by molar-refractivity contribution is 0.435. The number of hydrogen-bond acceptors (Lipinski definition) is 2. The van der Waals surface area contributed by atoms with Gasteiger partial charge >= 0.3 is 0 Å². The van der Waals surface area contributed by atoms with Crippen molar-refractivity contribution < 1.29 is 12.8 Å². The third-order valence-corrected chi connectivity index (χ3v) is 5.67. The van der Waals surface area contributed by atoms with Gasteiger partial charge < -0.3 is 0 Å². The van der Waals surface area contributed by atoms with Gasteiger partial charge in [0.15, 0.2) is 0 Å². The fourth-order valence-corrected chi connectivity index (χ4v) is 3.99. The quantitative estimate of drug-likeness (QED) is 0.849. The Morgan fingerprint density at radius 2 is 1.33 bits per heavy atom. The van der Waals surface area contributed by atoms with E-state index in [0.29, 0.717) is 25.9 Å². The first kappa shape index (κ1) is 16.9. The van der Waals surface area contributed by atoms with Crippen LogP contribution in [0.2, 0.25) is 0 Å². The van der Waals surface area contributed by atoms with Crippen LogP contribution in [0.15, 0.2) is 54.6 Å². The van der Waals surface area contributed by atoms with E-state index in [9.17, 15) is 12.8 Å². The van der Waals surface area contributed by atoms with E-state index in [2.05, 4.69) is 0 Å². The van der Waals surface area contributed by atoms with Crippen LogP contribution in [0.5, 0.6) is 0 Å². The molecule has 0 aliphatic carbocycles. The highest BCUT2D eigenvalue weighted by Crippen LogP contribution is 2.34. The first-order valence-corrected chi connectivity index (χ1v) is 9.78. The van der Waals surface area contributed by atoms with Crippen molar-refractivity contribution in [2.75, 3.05) is 19.3 Å². The Bertz CT molecular complexity index is 843. The smallest absolute Gasteiger partial charge is 0.211 e. The monoisotopic (exact) mass is 345 g/mol. The van der Waals surface area contributed by atoms with Crippen LogP contribution in [0.4, 0.5) is 4.39 Å². The van der Waals surface area contributed by atoms with E-state index < -0.39 is 10.0 Å². The molecule has 0 fully saturated rings. The van der Waals surface area contributed by atoms with E-state index in [-0.39, 0.29) is 5.82 Å². The minimum Gasteiger partial charge on any atom is -0.213 e. The number of nitrogens with zero attached hydrogens (tertiary/aromatic N) is 1. The zero-order chi connectivity index (χ0) is 17.2. The molecule has 0 saturated heterocycles. The van der Waals surface area contributed by atoms with E-state index in [4.69, 9.17) is 0 Å². The molecule has 1 aliphatic heterocycles. The zero-order valence-electron chi connectivity index (χ0n) is 13.6. The van der Waals surface area contributed by atoms with Gasteiger partial charge in [0.2, 0.25) is 10.0 Å². The molecule has 3 nitrogen and oxygen atoms in total. The Morgan fingerprint density at radius 1 is 0.833 bits per heavy atom. The van der Waals surface area contributed by atoms with Gasteiger partial charge in [-0.1, -0.05) is 42.5 Å².